The van der Waals surface area contributed by atoms with E-state index in [9.17, 15) is 24.0 Å². The summed E-state index contributed by atoms with van der Waals surface area (Å²) in [6.45, 7) is 2.97. The molecule has 0 aromatic carbocycles. The maximum absolute atomic E-state index is 10.2. The second-order valence-corrected chi connectivity index (χ2v) is 5.52. The maximum atomic E-state index is 10.2. The molecule has 178 valence electrons. The van der Waals surface area contributed by atoms with Gasteiger partial charge in [0.2, 0.25) is 0 Å². The van der Waals surface area contributed by atoms with Crippen molar-refractivity contribution < 1.29 is 54.6 Å². The Morgan fingerprint density at radius 3 is 1.20 bits per heavy atom. The first kappa shape index (κ1) is 34.6. The van der Waals surface area contributed by atoms with Crippen LogP contribution in [0.3, 0.4) is 0 Å². The fraction of sp³-hybridized carbons (Fsp3) is 0.667. The molecule has 0 bridgehead atoms. The van der Waals surface area contributed by atoms with Gasteiger partial charge >= 0.3 is 29.8 Å². The quantitative estimate of drug-likeness (QED) is 0.167. The van der Waals surface area contributed by atoms with Gasteiger partial charge in [-0.2, -0.15) is 0 Å². The molecular weight excluding hydrogens is 412 g/mol. The monoisotopic (exact) mass is 444 g/mol. The van der Waals surface area contributed by atoms with Crippen molar-refractivity contribution in [2.75, 3.05) is 13.2 Å². The summed E-state index contributed by atoms with van der Waals surface area (Å²) in [6.07, 6.45) is 0.281. The standard InChI is InChI=1S/C6H13NO2.C4H7NO4.C3H7NO3.C2H5NO2/c1-3-4(2)5(7)6(8)9;5-2(4(8)9)1-3(6)7;4-2(1-5)3(6)7;3-1-2(4)5/h4-5H,3,7H2,1-2H3,(H,8,9);2H,1,5H2,(H,6,7)(H,8,9);2,5H,1,4H2,(H,6,7);1,3H2,(H,4,5)/t4-,5-;2*2-;/m000./s1. The SMILES string of the molecule is CC[C@H](C)[C@H](N)C(=O)O.NCC(=O)O.N[C@@H](CC(=O)O)C(=O)O.N[C@@H](CO)C(=O)O. The van der Waals surface area contributed by atoms with E-state index in [0.29, 0.717) is 0 Å². The fourth-order valence-corrected chi connectivity index (χ4v) is 0.851. The van der Waals surface area contributed by atoms with E-state index in [4.69, 9.17) is 47.8 Å². The highest BCUT2D eigenvalue weighted by molar-refractivity contribution is 5.80. The zero-order chi connectivity index (χ0) is 25.0. The number of aliphatic carboxylic acids is 5. The molecule has 0 aliphatic heterocycles. The average molecular weight is 444 g/mol. The Bertz CT molecular complexity index is 531. The van der Waals surface area contributed by atoms with Crippen molar-refractivity contribution in [3.63, 3.8) is 0 Å². The summed E-state index contributed by atoms with van der Waals surface area (Å²) in [5.74, 6) is -5.48. The third-order valence-corrected chi connectivity index (χ3v) is 2.94. The van der Waals surface area contributed by atoms with Crippen LogP contribution in [-0.4, -0.2) is 91.8 Å². The second-order valence-electron chi connectivity index (χ2n) is 5.52. The Kier molecular flexibility index (Phi) is 24.1. The average Bonchev–Trinajstić information content (AvgIpc) is 2.66. The summed E-state index contributed by atoms with van der Waals surface area (Å²) in [4.78, 5) is 48.7. The van der Waals surface area contributed by atoms with Gasteiger partial charge in [-0.05, 0) is 5.92 Å². The van der Waals surface area contributed by atoms with Gasteiger partial charge in [0.05, 0.1) is 19.6 Å². The van der Waals surface area contributed by atoms with Gasteiger partial charge in [-0.25, -0.2) is 0 Å². The smallest absolute Gasteiger partial charge is 0.322 e. The molecule has 0 spiro atoms. The lowest BCUT2D eigenvalue weighted by atomic mass is 10.0. The molecule has 0 rings (SSSR count). The lowest BCUT2D eigenvalue weighted by Gasteiger charge is -2.11. The van der Waals surface area contributed by atoms with E-state index in [2.05, 4.69) is 5.73 Å². The van der Waals surface area contributed by atoms with Crippen LogP contribution in [0, 0.1) is 5.92 Å². The molecule has 4 atom stereocenters. The molecule has 0 radical (unpaired) electrons. The van der Waals surface area contributed by atoms with Crippen LogP contribution in [0.4, 0.5) is 0 Å². The molecule has 0 saturated carbocycles. The van der Waals surface area contributed by atoms with Crippen LogP contribution in [-0.2, 0) is 24.0 Å². The van der Waals surface area contributed by atoms with Crippen LogP contribution in [0.25, 0.3) is 0 Å². The number of aliphatic hydroxyl groups excluding tert-OH is 1. The zero-order valence-corrected chi connectivity index (χ0v) is 16.7. The first-order valence-corrected chi connectivity index (χ1v) is 8.28. The number of rotatable bonds is 9. The summed E-state index contributed by atoms with van der Waals surface area (Å²) in [5, 5.41) is 47.9. The van der Waals surface area contributed by atoms with Crippen molar-refractivity contribution in [2.24, 2.45) is 28.9 Å². The van der Waals surface area contributed by atoms with Gasteiger partial charge in [0, 0.05) is 0 Å². The molecule has 0 aromatic rings. The number of carboxylic acids is 5. The summed E-state index contributed by atoms with van der Waals surface area (Å²) in [6, 6.07) is -3.11. The van der Waals surface area contributed by atoms with Crippen molar-refractivity contribution in [1.82, 2.24) is 0 Å². The van der Waals surface area contributed by atoms with Crippen molar-refractivity contribution in [3.05, 3.63) is 0 Å². The molecule has 0 fully saturated rings. The van der Waals surface area contributed by atoms with Gasteiger partial charge in [0.25, 0.3) is 0 Å². The molecule has 0 unspecified atom stereocenters. The Hall–Kier alpha value is -2.85. The minimum Gasteiger partial charge on any atom is -0.481 e. The van der Waals surface area contributed by atoms with Gasteiger partial charge in [0.1, 0.15) is 18.1 Å². The van der Waals surface area contributed by atoms with E-state index in [0.717, 1.165) is 6.42 Å². The highest BCUT2D eigenvalue weighted by Gasteiger charge is 2.17. The van der Waals surface area contributed by atoms with Crippen LogP contribution in [0.15, 0.2) is 0 Å². The molecule has 0 aromatic heterocycles. The van der Waals surface area contributed by atoms with Crippen molar-refractivity contribution in [2.45, 2.75) is 44.8 Å². The molecule has 15 heteroatoms. The Morgan fingerprint density at radius 1 is 0.767 bits per heavy atom. The maximum Gasteiger partial charge on any atom is 0.322 e. The topological polar surface area (TPSA) is 311 Å². The molecule has 0 aliphatic carbocycles. The number of carboxylic acid groups (broad SMARTS) is 5. The second kappa shape index (κ2) is 20.9. The van der Waals surface area contributed by atoms with Gasteiger partial charge in [-0.3, -0.25) is 24.0 Å². The number of aliphatic hydroxyl groups is 1. The van der Waals surface area contributed by atoms with Crippen LogP contribution in [0.2, 0.25) is 0 Å². The summed E-state index contributed by atoms with van der Waals surface area (Å²) >= 11 is 0. The summed E-state index contributed by atoms with van der Waals surface area (Å²) in [5.41, 5.74) is 19.4. The summed E-state index contributed by atoms with van der Waals surface area (Å²) < 4.78 is 0. The fourth-order valence-electron chi connectivity index (χ4n) is 0.851. The van der Waals surface area contributed by atoms with Gasteiger partial charge in [-0.15, -0.1) is 0 Å². The Morgan fingerprint density at radius 2 is 1.13 bits per heavy atom. The predicted molar refractivity (Wildman–Crippen MR) is 102 cm³/mol. The van der Waals surface area contributed by atoms with Gasteiger partial charge in [-0.1, -0.05) is 20.3 Å². The number of nitrogens with two attached hydrogens (primary N) is 4. The largest absolute Gasteiger partial charge is 0.481 e. The molecule has 30 heavy (non-hydrogen) atoms. The van der Waals surface area contributed by atoms with E-state index < -0.39 is 61.0 Å². The van der Waals surface area contributed by atoms with E-state index >= 15 is 0 Å². The van der Waals surface area contributed by atoms with Crippen molar-refractivity contribution in [3.8, 4) is 0 Å². The van der Waals surface area contributed by atoms with Gasteiger partial charge < -0.3 is 53.6 Å². The van der Waals surface area contributed by atoms with Crippen LogP contribution < -0.4 is 22.9 Å². The molecule has 14 N–H and O–H groups in total. The number of hydrogen-bond acceptors (Lipinski definition) is 10. The molecule has 0 saturated heterocycles. The normalized spacial score (nSPS) is 13.2. The van der Waals surface area contributed by atoms with Crippen molar-refractivity contribution >= 4 is 29.8 Å². The number of carbonyl (C=O) groups is 5. The Labute approximate surface area is 172 Å². The van der Waals surface area contributed by atoms with E-state index in [1.54, 1.807) is 0 Å². The first-order valence-electron chi connectivity index (χ1n) is 8.28. The lowest BCUT2D eigenvalue weighted by molar-refractivity contribution is -0.144. The minimum absolute atomic E-state index is 0.0718. The van der Waals surface area contributed by atoms with Crippen molar-refractivity contribution in [1.29, 1.82) is 0 Å². The van der Waals surface area contributed by atoms with E-state index in [1.807, 2.05) is 13.8 Å². The van der Waals surface area contributed by atoms with Crippen LogP contribution in [0.5, 0.6) is 0 Å². The zero-order valence-electron chi connectivity index (χ0n) is 16.7. The van der Waals surface area contributed by atoms with Crippen LogP contribution >= 0.6 is 0 Å². The Balaban J connectivity index is -0.000000154. The number of hydrogen-bond donors (Lipinski definition) is 10. The molecule has 0 amide bonds. The van der Waals surface area contributed by atoms with E-state index in [1.165, 1.54) is 0 Å². The predicted octanol–water partition coefficient (Wildman–Crippen LogP) is -3.26. The lowest BCUT2D eigenvalue weighted by Crippen LogP contribution is -2.36. The summed E-state index contributed by atoms with van der Waals surface area (Å²) in [7, 11) is 0. The van der Waals surface area contributed by atoms with E-state index in [-0.39, 0.29) is 12.5 Å². The molecule has 15 nitrogen and oxygen atoms in total. The third-order valence-electron chi connectivity index (χ3n) is 2.94. The molecule has 0 heterocycles. The van der Waals surface area contributed by atoms with Crippen LogP contribution in [0.1, 0.15) is 26.7 Å². The molecular formula is C15H32N4O11. The third kappa shape index (κ3) is 27.4. The van der Waals surface area contributed by atoms with Gasteiger partial charge in [0.15, 0.2) is 0 Å². The highest BCUT2D eigenvalue weighted by atomic mass is 16.4. The first-order chi connectivity index (χ1) is 13.6. The minimum atomic E-state index is -1.29. The highest BCUT2D eigenvalue weighted by Crippen LogP contribution is 2.04. The molecule has 0 aliphatic rings.